The van der Waals surface area contributed by atoms with Crippen molar-refractivity contribution in [3.8, 4) is 11.4 Å². The molecule has 0 radical (unpaired) electrons. The Bertz CT molecular complexity index is 886. The Labute approximate surface area is 157 Å². The van der Waals surface area contributed by atoms with Gasteiger partial charge in [0.05, 0.1) is 12.4 Å². The standard InChI is InChI=1S/C19H22N4O2S/c1-13-11-16(14(2)23(13)9-10-25-3)17(24)12-26-19-20-18(21-22-19)15-7-5-4-6-8-15/h4-8,11H,9-10,12H2,1-3H3,(H,20,21,22). The van der Waals surface area contributed by atoms with Gasteiger partial charge in [-0.2, -0.15) is 0 Å². The van der Waals surface area contributed by atoms with Crippen molar-refractivity contribution >= 4 is 17.5 Å². The van der Waals surface area contributed by atoms with Crippen molar-refractivity contribution in [1.29, 1.82) is 0 Å². The number of methoxy groups -OCH3 is 1. The number of aryl methyl sites for hydroxylation is 1. The number of hydrogen-bond donors (Lipinski definition) is 1. The lowest BCUT2D eigenvalue weighted by Gasteiger charge is -2.08. The molecule has 0 fully saturated rings. The maximum absolute atomic E-state index is 12.6. The molecule has 2 aromatic heterocycles. The van der Waals surface area contributed by atoms with Gasteiger partial charge in [0.15, 0.2) is 11.6 Å². The van der Waals surface area contributed by atoms with Crippen LogP contribution in [0.4, 0.5) is 0 Å². The van der Waals surface area contributed by atoms with Gasteiger partial charge in [-0.15, -0.1) is 5.10 Å². The van der Waals surface area contributed by atoms with E-state index in [0.717, 1.165) is 29.1 Å². The number of hydrogen-bond acceptors (Lipinski definition) is 5. The third-order valence-corrected chi connectivity index (χ3v) is 5.08. The Hall–Kier alpha value is -2.38. The number of carbonyl (C=O) groups is 1. The second-order valence-corrected chi connectivity index (χ2v) is 6.92. The van der Waals surface area contributed by atoms with Gasteiger partial charge < -0.3 is 9.30 Å². The number of ether oxygens (including phenoxy) is 1. The molecule has 136 valence electrons. The van der Waals surface area contributed by atoms with Crippen LogP contribution in [0.1, 0.15) is 21.7 Å². The van der Waals surface area contributed by atoms with E-state index < -0.39 is 0 Å². The molecule has 1 N–H and O–H groups in total. The van der Waals surface area contributed by atoms with Crippen molar-refractivity contribution in [3.05, 3.63) is 53.3 Å². The first-order valence-electron chi connectivity index (χ1n) is 8.39. The lowest BCUT2D eigenvalue weighted by Crippen LogP contribution is -2.09. The molecule has 0 unspecified atom stereocenters. The average Bonchev–Trinajstić information content (AvgIpc) is 3.24. The van der Waals surface area contributed by atoms with E-state index in [1.165, 1.54) is 11.8 Å². The Morgan fingerprint density at radius 2 is 2.04 bits per heavy atom. The second-order valence-electron chi connectivity index (χ2n) is 5.97. The fourth-order valence-electron chi connectivity index (χ4n) is 2.85. The summed E-state index contributed by atoms with van der Waals surface area (Å²) in [7, 11) is 1.68. The fraction of sp³-hybridized carbons (Fsp3) is 0.316. The Kier molecular flexibility index (Phi) is 5.90. The van der Waals surface area contributed by atoms with Gasteiger partial charge in [-0.1, -0.05) is 42.1 Å². The van der Waals surface area contributed by atoms with Crippen LogP contribution in [0, 0.1) is 13.8 Å². The predicted octanol–water partition coefficient (Wildman–Crippen LogP) is 3.51. The number of aromatic nitrogens is 4. The van der Waals surface area contributed by atoms with E-state index in [2.05, 4.69) is 19.7 Å². The molecule has 26 heavy (non-hydrogen) atoms. The summed E-state index contributed by atoms with van der Waals surface area (Å²) in [5.41, 5.74) is 3.77. The van der Waals surface area contributed by atoms with Gasteiger partial charge in [-0.05, 0) is 19.9 Å². The summed E-state index contributed by atoms with van der Waals surface area (Å²) >= 11 is 1.34. The molecule has 0 aliphatic carbocycles. The van der Waals surface area contributed by atoms with Crippen molar-refractivity contribution < 1.29 is 9.53 Å². The topological polar surface area (TPSA) is 72.8 Å². The van der Waals surface area contributed by atoms with Gasteiger partial charge in [0.1, 0.15) is 0 Å². The van der Waals surface area contributed by atoms with Gasteiger partial charge in [0.2, 0.25) is 5.16 Å². The number of rotatable bonds is 8. The molecule has 0 saturated carbocycles. The van der Waals surface area contributed by atoms with Crippen molar-refractivity contribution in [2.75, 3.05) is 19.5 Å². The zero-order valence-electron chi connectivity index (χ0n) is 15.2. The molecule has 3 rings (SSSR count). The Balaban J connectivity index is 1.65. The number of ketones is 1. The lowest BCUT2D eigenvalue weighted by atomic mass is 10.2. The summed E-state index contributed by atoms with van der Waals surface area (Å²) in [6, 6.07) is 11.7. The molecule has 0 spiro atoms. The molecule has 0 atom stereocenters. The number of nitrogens with zero attached hydrogens (tertiary/aromatic N) is 3. The monoisotopic (exact) mass is 370 g/mol. The minimum Gasteiger partial charge on any atom is -0.383 e. The van der Waals surface area contributed by atoms with Gasteiger partial charge in [-0.3, -0.25) is 9.89 Å². The van der Waals surface area contributed by atoms with Crippen molar-refractivity contribution in [2.45, 2.75) is 25.5 Å². The number of benzene rings is 1. The molecular weight excluding hydrogens is 348 g/mol. The predicted molar refractivity (Wildman–Crippen MR) is 103 cm³/mol. The minimum atomic E-state index is 0.0813. The van der Waals surface area contributed by atoms with Crippen molar-refractivity contribution in [1.82, 2.24) is 19.7 Å². The van der Waals surface area contributed by atoms with Crippen LogP contribution >= 0.6 is 11.8 Å². The third kappa shape index (κ3) is 4.05. The van der Waals surface area contributed by atoms with Crippen molar-refractivity contribution in [3.63, 3.8) is 0 Å². The first-order valence-corrected chi connectivity index (χ1v) is 9.38. The molecule has 3 aromatic rings. The van der Waals surface area contributed by atoms with E-state index in [0.29, 0.717) is 23.3 Å². The summed E-state index contributed by atoms with van der Waals surface area (Å²) in [5, 5.41) is 7.69. The van der Waals surface area contributed by atoms with Crippen LogP contribution in [0.3, 0.4) is 0 Å². The van der Waals surface area contributed by atoms with Gasteiger partial charge in [0.25, 0.3) is 0 Å². The molecular formula is C19H22N4O2S. The molecule has 0 amide bonds. The highest BCUT2D eigenvalue weighted by atomic mass is 32.2. The van der Waals surface area contributed by atoms with Crippen LogP contribution in [-0.2, 0) is 11.3 Å². The summed E-state index contributed by atoms with van der Waals surface area (Å²) in [4.78, 5) is 17.1. The maximum Gasteiger partial charge on any atom is 0.209 e. The van der Waals surface area contributed by atoms with Crippen LogP contribution < -0.4 is 0 Å². The number of thioether (sulfide) groups is 1. The van der Waals surface area contributed by atoms with Gasteiger partial charge in [-0.25, -0.2) is 4.98 Å². The molecule has 0 aliphatic rings. The molecule has 0 aliphatic heterocycles. The largest absolute Gasteiger partial charge is 0.383 e. The Morgan fingerprint density at radius 1 is 1.27 bits per heavy atom. The average molecular weight is 370 g/mol. The van der Waals surface area contributed by atoms with Crippen molar-refractivity contribution in [2.24, 2.45) is 0 Å². The fourth-order valence-corrected chi connectivity index (χ4v) is 3.54. The highest BCUT2D eigenvalue weighted by Gasteiger charge is 2.17. The smallest absolute Gasteiger partial charge is 0.209 e. The highest BCUT2D eigenvalue weighted by molar-refractivity contribution is 7.99. The van der Waals surface area contributed by atoms with Gasteiger partial charge in [0, 0.05) is 36.2 Å². The Morgan fingerprint density at radius 3 is 2.77 bits per heavy atom. The molecule has 1 aromatic carbocycles. The summed E-state index contributed by atoms with van der Waals surface area (Å²) < 4.78 is 7.25. The summed E-state index contributed by atoms with van der Waals surface area (Å²) in [5.74, 6) is 1.09. The molecule has 7 heteroatoms. The molecule has 0 bridgehead atoms. The van der Waals surface area contributed by atoms with E-state index in [-0.39, 0.29) is 5.78 Å². The van der Waals surface area contributed by atoms with E-state index in [1.807, 2.05) is 50.2 Å². The quantitative estimate of drug-likeness (QED) is 0.485. The van der Waals surface area contributed by atoms with Crippen LogP contribution in [0.25, 0.3) is 11.4 Å². The summed E-state index contributed by atoms with van der Waals surface area (Å²) in [6.07, 6.45) is 0. The van der Waals surface area contributed by atoms with Crippen LogP contribution in [0.5, 0.6) is 0 Å². The van der Waals surface area contributed by atoms with E-state index in [9.17, 15) is 4.79 Å². The van der Waals surface area contributed by atoms with Gasteiger partial charge >= 0.3 is 0 Å². The van der Waals surface area contributed by atoms with E-state index in [1.54, 1.807) is 7.11 Å². The second kappa shape index (κ2) is 8.33. The van der Waals surface area contributed by atoms with E-state index >= 15 is 0 Å². The summed E-state index contributed by atoms with van der Waals surface area (Å²) in [6.45, 7) is 5.35. The normalized spacial score (nSPS) is 11.0. The number of nitrogens with one attached hydrogen (secondary N) is 1. The zero-order valence-corrected chi connectivity index (χ0v) is 16.0. The number of carbonyl (C=O) groups excluding carboxylic acids is 1. The lowest BCUT2D eigenvalue weighted by molar-refractivity contribution is 0.102. The van der Waals surface area contributed by atoms with E-state index in [4.69, 9.17) is 4.74 Å². The molecule has 0 saturated heterocycles. The van der Waals surface area contributed by atoms with Crippen LogP contribution in [0.2, 0.25) is 0 Å². The first kappa shape index (κ1) is 18.4. The highest BCUT2D eigenvalue weighted by Crippen LogP contribution is 2.22. The first-order chi connectivity index (χ1) is 12.6. The van der Waals surface area contributed by atoms with Crippen LogP contribution in [-0.4, -0.2) is 45.0 Å². The SMILES string of the molecule is COCCn1c(C)cc(C(=O)CSc2n[nH]c(-c3ccccc3)n2)c1C. The third-order valence-electron chi connectivity index (χ3n) is 4.24. The number of aromatic amines is 1. The minimum absolute atomic E-state index is 0.0813. The number of H-pyrrole nitrogens is 1. The van der Waals surface area contributed by atoms with Crippen LogP contribution in [0.15, 0.2) is 41.6 Å². The molecule has 6 nitrogen and oxygen atoms in total. The number of Topliss-reactive ketones (excluding diaryl/α,β-unsaturated/α-hetero) is 1. The molecule has 2 heterocycles. The maximum atomic E-state index is 12.6. The zero-order chi connectivity index (χ0) is 18.5.